The van der Waals surface area contributed by atoms with Crippen LogP contribution < -0.4 is 5.32 Å². The predicted octanol–water partition coefficient (Wildman–Crippen LogP) is 3.51. The third kappa shape index (κ3) is 3.76. The standard InChI is InChI=1S/C14H18ClFN2O2/c1-14(2,3)20-13(19)18-7-10(8-18)17-12-5-4-9(15)6-11(12)16/h4-6,10,17H,7-8H2,1-3H3. The molecular formula is C14H18ClFN2O2. The minimum absolute atomic E-state index is 0.0261. The molecular weight excluding hydrogens is 283 g/mol. The average molecular weight is 301 g/mol. The van der Waals surface area contributed by atoms with Crippen molar-refractivity contribution in [2.75, 3.05) is 18.4 Å². The molecule has 1 N–H and O–H groups in total. The highest BCUT2D eigenvalue weighted by Gasteiger charge is 2.33. The second-order valence-electron chi connectivity index (χ2n) is 5.85. The van der Waals surface area contributed by atoms with Gasteiger partial charge in [-0.15, -0.1) is 0 Å². The lowest BCUT2D eigenvalue weighted by Gasteiger charge is -2.40. The molecule has 1 amide bonds. The molecule has 0 radical (unpaired) electrons. The smallest absolute Gasteiger partial charge is 0.410 e. The Labute approximate surface area is 122 Å². The van der Waals surface area contributed by atoms with E-state index in [9.17, 15) is 9.18 Å². The Hall–Kier alpha value is -1.49. The van der Waals surface area contributed by atoms with Crippen molar-refractivity contribution in [1.82, 2.24) is 4.90 Å². The summed E-state index contributed by atoms with van der Waals surface area (Å²) in [5.41, 5.74) is -0.110. The number of carbonyl (C=O) groups excluding carboxylic acids is 1. The zero-order chi connectivity index (χ0) is 14.9. The van der Waals surface area contributed by atoms with Crippen LogP contribution in [0.2, 0.25) is 5.02 Å². The van der Waals surface area contributed by atoms with Gasteiger partial charge in [0.1, 0.15) is 11.4 Å². The van der Waals surface area contributed by atoms with Crippen molar-refractivity contribution in [3.8, 4) is 0 Å². The van der Waals surface area contributed by atoms with Gasteiger partial charge in [-0.1, -0.05) is 11.6 Å². The van der Waals surface area contributed by atoms with E-state index in [0.29, 0.717) is 23.8 Å². The first kappa shape index (κ1) is 14.9. The second kappa shape index (κ2) is 5.48. The molecule has 0 atom stereocenters. The van der Waals surface area contributed by atoms with E-state index in [1.54, 1.807) is 17.0 Å². The molecule has 4 nitrogen and oxygen atoms in total. The minimum atomic E-state index is -0.502. The first-order chi connectivity index (χ1) is 9.24. The van der Waals surface area contributed by atoms with Crippen LogP contribution in [0.5, 0.6) is 0 Å². The predicted molar refractivity (Wildman–Crippen MR) is 76.6 cm³/mol. The highest BCUT2D eigenvalue weighted by atomic mass is 35.5. The van der Waals surface area contributed by atoms with Crippen LogP contribution in [0.4, 0.5) is 14.9 Å². The number of benzene rings is 1. The number of hydrogen-bond acceptors (Lipinski definition) is 3. The third-order valence-corrected chi connectivity index (χ3v) is 3.06. The van der Waals surface area contributed by atoms with E-state index in [4.69, 9.17) is 16.3 Å². The molecule has 0 aliphatic carbocycles. The maximum Gasteiger partial charge on any atom is 0.410 e. The van der Waals surface area contributed by atoms with Crippen molar-refractivity contribution < 1.29 is 13.9 Å². The molecule has 0 spiro atoms. The van der Waals surface area contributed by atoms with Gasteiger partial charge in [-0.25, -0.2) is 9.18 Å². The number of halogens is 2. The van der Waals surface area contributed by atoms with E-state index in [1.165, 1.54) is 6.07 Å². The van der Waals surface area contributed by atoms with Crippen molar-refractivity contribution in [3.63, 3.8) is 0 Å². The van der Waals surface area contributed by atoms with Crippen LogP contribution >= 0.6 is 11.6 Å². The molecule has 0 saturated carbocycles. The summed E-state index contributed by atoms with van der Waals surface area (Å²) >= 11 is 5.69. The van der Waals surface area contributed by atoms with Crippen molar-refractivity contribution in [2.24, 2.45) is 0 Å². The lowest BCUT2D eigenvalue weighted by molar-refractivity contribution is 0.0105. The highest BCUT2D eigenvalue weighted by molar-refractivity contribution is 6.30. The average Bonchev–Trinajstić information content (AvgIpc) is 2.22. The Balaban J connectivity index is 1.83. The molecule has 20 heavy (non-hydrogen) atoms. The Bertz CT molecular complexity index is 510. The Morgan fingerprint density at radius 3 is 2.65 bits per heavy atom. The van der Waals surface area contributed by atoms with Crippen molar-refractivity contribution in [2.45, 2.75) is 32.4 Å². The van der Waals surface area contributed by atoms with Gasteiger partial charge in [-0.2, -0.15) is 0 Å². The van der Waals surface area contributed by atoms with Gasteiger partial charge < -0.3 is 15.0 Å². The highest BCUT2D eigenvalue weighted by Crippen LogP contribution is 2.22. The summed E-state index contributed by atoms with van der Waals surface area (Å²) in [5, 5.41) is 3.40. The van der Waals surface area contributed by atoms with Crippen molar-refractivity contribution in [3.05, 3.63) is 29.0 Å². The van der Waals surface area contributed by atoms with Crippen LogP contribution in [0.25, 0.3) is 0 Å². The van der Waals surface area contributed by atoms with Gasteiger partial charge in [-0.05, 0) is 39.0 Å². The molecule has 1 aromatic rings. The fourth-order valence-electron chi connectivity index (χ4n) is 1.87. The Kier molecular flexibility index (Phi) is 4.09. The number of amides is 1. The number of likely N-dealkylation sites (tertiary alicyclic amines) is 1. The van der Waals surface area contributed by atoms with Gasteiger partial charge >= 0.3 is 6.09 Å². The number of nitrogens with zero attached hydrogens (tertiary/aromatic N) is 1. The summed E-state index contributed by atoms with van der Waals surface area (Å²) in [6.45, 7) is 6.46. The van der Waals surface area contributed by atoms with Crippen LogP contribution in [0.1, 0.15) is 20.8 Å². The van der Waals surface area contributed by atoms with E-state index >= 15 is 0 Å². The van der Waals surface area contributed by atoms with Gasteiger partial charge in [0.05, 0.1) is 11.7 Å². The summed E-state index contributed by atoms with van der Waals surface area (Å²) in [6.07, 6.45) is -0.341. The molecule has 1 aliphatic heterocycles. The van der Waals surface area contributed by atoms with Gasteiger partial charge in [0.15, 0.2) is 0 Å². The molecule has 110 valence electrons. The molecule has 0 aromatic heterocycles. The fraction of sp³-hybridized carbons (Fsp3) is 0.500. The minimum Gasteiger partial charge on any atom is -0.444 e. The Morgan fingerprint density at radius 1 is 1.45 bits per heavy atom. The van der Waals surface area contributed by atoms with Gasteiger partial charge in [0, 0.05) is 18.1 Å². The number of rotatable bonds is 2. The quantitative estimate of drug-likeness (QED) is 0.909. The largest absolute Gasteiger partial charge is 0.444 e. The Morgan fingerprint density at radius 2 is 2.10 bits per heavy atom. The van der Waals surface area contributed by atoms with Gasteiger partial charge in [0.25, 0.3) is 0 Å². The van der Waals surface area contributed by atoms with E-state index in [1.807, 2.05) is 20.8 Å². The summed E-state index contributed by atoms with van der Waals surface area (Å²) in [5.74, 6) is -0.395. The van der Waals surface area contributed by atoms with E-state index in [-0.39, 0.29) is 12.1 Å². The monoisotopic (exact) mass is 300 g/mol. The summed E-state index contributed by atoms with van der Waals surface area (Å²) < 4.78 is 18.8. The molecule has 0 bridgehead atoms. The number of ether oxygens (including phenoxy) is 1. The zero-order valence-corrected chi connectivity index (χ0v) is 12.5. The first-order valence-corrected chi connectivity index (χ1v) is 6.82. The van der Waals surface area contributed by atoms with Gasteiger partial charge in [-0.3, -0.25) is 0 Å². The topological polar surface area (TPSA) is 41.6 Å². The summed E-state index contributed by atoms with van der Waals surface area (Å²) in [4.78, 5) is 13.3. The molecule has 2 rings (SSSR count). The molecule has 1 aromatic carbocycles. The molecule has 6 heteroatoms. The van der Waals surface area contributed by atoms with E-state index < -0.39 is 11.4 Å². The number of carbonyl (C=O) groups is 1. The lowest BCUT2D eigenvalue weighted by atomic mass is 10.1. The normalized spacial score (nSPS) is 15.8. The summed E-state index contributed by atoms with van der Waals surface area (Å²) in [6, 6.07) is 4.50. The molecule has 1 heterocycles. The molecule has 1 saturated heterocycles. The molecule has 1 aliphatic rings. The van der Waals surface area contributed by atoms with Crippen LogP contribution in [0.3, 0.4) is 0 Å². The third-order valence-electron chi connectivity index (χ3n) is 2.82. The SMILES string of the molecule is CC(C)(C)OC(=O)N1CC(Nc2ccc(Cl)cc2F)C1. The molecule has 1 fully saturated rings. The molecule has 0 unspecified atom stereocenters. The van der Waals surface area contributed by atoms with Crippen LogP contribution in [0, 0.1) is 5.82 Å². The van der Waals surface area contributed by atoms with Crippen LogP contribution in [-0.4, -0.2) is 35.7 Å². The summed E-state index contributed by atoms with van der Waals surface area (Å²) in [7, 11) is 0. The maximum atomic E-state index is 13.6. The zero-order valence-electron chi connectivity index (χ0n) is 11.7. The van der Waals surface area contributed by atoms with Crippen molar-refractivity contribution >= 4 is 23.4 Å². The number of hydrogen-bond donors (Lipinski definition) is 1. The van der Waals surface area contributed by atoms with E-state index in [2.05, 4.69) is 5.32 Å². The maximum absolute atomic E-state index is 13.6. The number of nitrogens with one attached hydrogen (secondary N) is 1. The fourth-order valence-corrected chi connectivity index (χ4v) is 2.03. The first-order valence-electron chi connectivity index (χ1n) is 6.44. The lowest BCUT2D eigenvalue weighted by Crippen LogP contribution is -2.58. The van der Waals surface area contributed by atoms with Crippen LogP contribution in [-0.2, 0) is 4.74 Å². The van der Waals surface area contributed by atoms with Crippen LogP contribution in [0.15, 0.2) is 18.2 Å². The van der Waals surface area contributed by atoms with Gasteiger partial charge in [0.2, 0.25) is 0 Å². The number of anilines is 1. The second-order valence-corrected chi connectivity index (χ2v) is 6.29. The van der Waals surface area contributed by atoms with E-state index in [0.717, 1.165) is 0 Å². The van der Waals surface area contributed by atoms with Crippen molar-refractivity contribution in [1.29, 1.82) is 0 Å².